The van der Waals surface area contributed by atoms with E-state index in [9.17, 15) is 8.42 Å². The normalized spacial score (nSPS) is 16.4. The first-order valence-electron chi connectivity index (χ1n) is 6.22. The summed E-state index contributed by atoms with van der Waals surface area (Å²) in [7, 11) is -3.12. The number of sulfone groups is 1. The maximum Gasteiger partial charge on any atom is 0.180 e. The van der Waals surface area contributed by atoms with E-state index < -0.39 is 9.84 Å². The van der Waals surface area contributed by atoms with E-state index in [0.717, 1.165) is 31.6 Å². The maximum absolute atomic E-state index is 12.2. The minimum absolute atomic E-state index is 0.234. The van der Waals surface area contributed by atoms with Gasteiger partial charge in [0.1, 0.15) is 0 Å². The van der Waals surface area contributed by atoms with Crippen molar-refractivity contribution in [3.8, 4) is 0 Å². The first kappa shape index (κ1) is 12.4. The van der Waals surface area contributed by atoms with E-state index in [4.69, 9.17) is 0 Å². The molecule has 1 heterocycles. The summed E-state index contributed by atoms with van der Waals surface area (Å²) in [5.74, 6) is 0.234. The fourth-order valence-electron chi connectivity index (χ4n) is 2.32. The van der Waals surface area contributed by atoms with Gasteiger partial charge in [0.05, 0.1) is 16.3 Å². The van der Waals surface area contributed by atoms with Crippen molar-refractivity contribution in [1.82, 2.24) is 0 Å². The fraction of sp³-hybridized carbons (Fsp3) is 0.538. The number of hydrogen-bond acceptors (Lipinski definition) is 3. The molecular weight excluding hydrogens is 234 g/mol. The van der Waals surface area contributed by atoms with Gasteiger partial charge in [0.2, 0.25) is 0 Å². The quantitative estimate of drug-likeness (QED) is 0.827. The number of anilines is 1. The second-order valence-electron chi connectivity index (χ2n) is 4.48. The Kier molecular flexibility index (Phi) is 3.72. The highest BCUT2D eigenvalue weighted by atomic mass is 32.2. The van der Waals surface area contributed by atoms with Crippen molar-refractivity contribution in [2.24, 2.45) is 0 Å². The topological polar surface area (TPSA) is 37.4 Å². The second kappa shape index (κ2) is 5.08. The van der Waals surface area contributed by atoms with Gasteiger partial charge in [-0.15, -0.1) is 0 Å². The van der Waals surface area contributed by atoms with Gasteiger partial charge in [-0.1, -0.05) is 19.1 Å². The molecule has 0 saturated carbocycles. The van der Waals surface area contributed by atoms with Crippen LogP contribution < -0.4 is 4.90 Å². The Morgan fingerprint density at radius 1 is 1.18 bits per heavy atom. The molecule has 1 aromatic carbocycles. The van der Waals surface area contributed by atoms with Crippen LogP contribution in [0.5, 0.6) is 0 Å². The van der Waals surface area contributed by atoms with E-state index in [1.807, 2.05) is 25.1 Å². The highest BCUT2D eigenvalue weighted by Crippen LogP contribution is 2.28. The molecule has 0 unspecified atom stereocenters. The Balaban J connectivity index is 2.40. The van der Waals surface area contributed by atoms with Crippen LogP contribution in [0.3, 0.4) is 0 Å². The molecule has 94 valence electrons. The van der Waals surface area contributed by atoms with Gasteiger partial charge in [0.25, 0.3) is 0 Å². The molecule has 0 spiro atoms. The maximum atomic E-state index is 12.2. The van der Waals surface area contributed by atoms with E-state index in [2.05, 4.69) is 4.90 Å². The lowest BCUT2D eigenvalue weighted by atomic mass is 10.3. The van der Waals surface area contributed by atoms with Crippen LogP contribution in [0.1, 0.15) is 26.2 Å². The van der Waals surface area contributed by atoms with E-state index in [0.29, 0.717) is 11.3 Å². The Bertz CT molecular complexity index is 476. The van der Waals surface area contributed by atoms with Crippen molar-refractivity contribution >= 4 is 15.5 Å². The molecule has 0 bridgehead atoms. The molecule has 3 nitrogen and oxygen atoms in total. The van der Waals surface area contributed by atoms with E-state index >= 15 is 0 Å². The van der Waals surface area contributed by atoms with Crippen molar-refractivity contribution in [3.05, 3.63) is 24.3 Å². The largest absolute Gasteiger partial charge is 0.370 e. The molecule has 1 saturated heterocycles. The third-order valence-electron chi connectivity index (χ3n) is 3.12. The molecule has 1 aliphatic heterocycles. The Labute approximate surface area is 103 Å². The van der Waals surface area contributed by atoms with Crippen molar-refractivity contribution in [2.45, 2.75) is 31.1 Å². The molecule has 2 rings (SSSR count). The third-order valence-corrected chi connectivity index (χ3v) is 5.08. The zero-order valence-electron chi connectivity index (χ0n) is 10.2. The van der Waals surface area contributed by atoms with Gasteiger partial charge in [-0.3, -0.25) is 0 Å². The van der Waals surface area contributed by atoms with Crippen molar-refractivity contribution < 1.29 is 8.42 Å². The van der Waals surface area contributed by atoms with Crippen LogP contribution in [0.15, 0.2) is 29.2 Å². The Morgan fingerprint density at radius 2 is 1.82 bits per heavy atom. The molecule has 0 atom stereocenters. The Hall–Kier alpha value is -1.03. The second-order valence-corrected chi connectivity index (χ2v) is 6.56. The molecule has 1 fully saturated rings. The number of hydrogen-bond donors (Lipinski definition) is 0. The van der Waals surface area contributed by atoms with Crippen molar-refractivity contribution in [3.63, 3.8) is 0 Å². The van der Waals surface area contributed by atoms with E-state index in [-0.39, 0.29) is 5.75 Å². The molecule has 1 aromatic rings. The summed E-state index contributed by atoms with van der Waals surface area (Å²) in [6.07, 6.45) is 2.97. The molecule has 17 heavy (non-hydrogen) atoms. The third kappa shape index (κ3) is 2.63. The molecular formula is C13H19NO2S. The number of nitrogens with zero attached hydrogens (tertiary/aromatic N) is 1. The van der Waals surface area contributed by atoms with Gasteiger partial charge in [0, 0.05) is 13.1 Å². The average molecular weight is 253 g/mol. The highest BCUT2D eigenvalue weighted by molar-refractivity contribution is 7.91. The summed E-state index contributed by atoms with van der Waals surface area (Å²) >= 11 is 0. The van der Waals surface area contributed by atoms with Crippen LogP contribution in [0.25, 0.3) is 0 Å². The first-order chi connectivity index (χ1) is 8.15. The van der Waals surface area contributed by atoms with Crippen LogP contribution in [0, 0.1) is 0 Å². The summed E-state index contributed by atoms with van der Waals surface area (Å²) in [5, 5.41) is 0. The predicted octanol–water partition coefficient (Wildman–Crippen LogP) is 2.47. The molecule has 0 radical (unpaired) electrons. The van der Waals surface area contributed by atoms with Gasteiger partial charge >= 0.3 is 0 Å². The summed E-state index contributed by atoms with van der Waals surface area (Å²) in [5.41, 5.74) is 0.887. The average Bonchev–Trinajstić information content (AvgIpc) is 2.82. The van der Waals surface area contributed by atoms with Crippen molar-refractivity contribution in [1.29, 1.82) is 0 Å². The number of para-hydroxylation sites is 1. The van der Waals surface area contributed by atoms with Crippen LogP contribution in [0.4, 0.5) is 5.69 Å². The molecule has 0 N–H and O–H groups in total. The van der Waals surface area contributed by atoms with Gasteiger partial charge in [-0.2, -0.15) is 0 Å². The lowest BCUT2D eigenvalue weighted by molar-refractivity contribution is 0.594. The van der Waals surface area contributed by atoms with Crippen LogP contribution >= 0.6 is 0 Å². The molecule has 0 aliphatic carbocycles. The zero-order chi connectivity index (χ0) is 12.3. The minimum Gasteiger partial charge on any atom is -0.370 e. The van der Waals surface area contributed by atoms with Crippen LogP contribution in [-0.2, 0) is 9.84 Å². The van der Waals surface area contributed by atoms with Gasteiger partial charge in [-0.05, 0) is 31.4 Å². The summed E-state index contributed by atoms with van der Waals surface area (Å²) in [6.45, 7) is 3.84. The highest BCUT2D eigenvalue weighted by Gasteiger charge is 2.22. The monoisotopic (exact) mass is 253 g/mol. The summed E-state index contributed by atoms with van der Waals surface area (Å²) in [6, 6.07) is 7.38. The van der Waals surface area contributed by atoms with E-state index in [1.165, 1.54) is 0 Å². The van der Waals surface area contributed by atoms with Crippen molar-refractivity contribution in [2.75, 3.05) is 23.7 Å². The lowest BCUT2D eigenvalue weighted by Crippen LogP contribution is -2.21. The fourth-order valence-corrected chi connectivity index (χ4v) is 3.88. The standard InChI is InChI=1S/C13H19NO2S/c1-2-11-17(15,16)13-8-4-3-7-12(13)14-9-5-6-10-14/h3-4,7-8H,2,5-6,9-11H2,1H3. The predicted molar refractivity (Wildman–Crippen MR) is 70.2 cm³/mol. The first-order valence-corrected chi connectivity index (χ1v) is 7.87. The molecule has 1 aliphatic rings. The van der Waals surface area contributed by atoms with Crippen LogP contribution in [0.2, 0.25) is 0 Å². The number of rotatable bonds is 4. The summed E-state index contributed by atoms with van der Waals surface area (Å²) < 4.78 is 24.4. The molecule has 0 aromatic heterocycles. The van der Waals surface area contributed by atoms with Gasteiger partial charge < -0.3 is 4.90 Å². The van der Waals surface area contributed by atoms with Gasteiger partial charge in [-0.25, -0.2) is 8.42 Å². The summed E-state index contributed by atoms with van der Waals surface area (Å²) in [4.78, 5) is 2.69. The number of benzene rings is 1. The minimum atomic E-state index is -3.12. The lowest BCUT2D eigenvalue weighted by Gasteiger charge is -2.21. The smallest absolute Gasteiger partial charge is 0.180 e. The van der Waals surface area contributed by atoms with E-state index in [1.54, 1.807) is 6.07 Å². The Morgan fingerprint density at radius 3 is 2.47 bits per heavy atom. The van der Waals surface area contributed by atoms with Crippen LogP contribution in [-0.4, -0.2) is 27.3 Å². The molecule has 4 heteroatoms. The SMILES string of the molecule is CCCS(=O)(=O)c1ccccc1N1CCCC1. The molecule has 0 amide bonds. The van der Waals surface area contributed by atoms with Gasteiger partial charge in [0.15, 0.2) is 9.84 Å². The zero-order valence-corrected chi connectivity index (χ0v) is 11.0.